The van der Waals surface area contributed by atoms with Crippen molar-refractivity contribution in [3.05, 3.63) is 53.3 Å². The zero-order valence-corrected chi connectivity index (χ0v) is 15.7. The molecule has 0 aromatic heterocycles. The molecular weight excluding hydrogens is 393 g/mol. The van der Waals surface area contributed by atoms with Crippen molar-refractivity contribution in [1.82, 2.24) is 5.32 Å². The molecule has 0 saturated carbocycles. The second kappa shape index (κ2) is 8.41. The van der Waals surface area contributed by atoms with E-state index >= 15 is 0 Å². The Balaban J connectivity index is 1.60. The Hall–Kier alpha value is -2.58. The Bertz CT molecular complexity index is 905. The molecule has 6 nitrogen and oxygen atoms in total. The lowest BCUT2D eigenvalue weighted by molar-refractivity contribution is -0.122. The highest BCUT2D eigenvalue weighted by Gasteiger charge is 2.32. The van der Waals surface area contributed by atoms with Gasteiger partial charge in [0.2, 0.25) is 11.8 Å². The number of carbonyl (C=O) groups excluding carboxylic acids is 2. The molecule has 0 spiro atoms. The lowest BCUT2D eigenvalue weighted by Gasteiger charge is -2.09. The van der Waals surface area contributed by atoms with Crippen molar-refractivity contribution in [2.75, 3.05) is 12.4 Å². The maximum absolute atomic E-state index is 12.9. The van der Waals surface area contributed by atoms with Crippen LogP contribution in [0.2, 0.25) is 5.02 Å². The molecule has 9 heteroatoms. The number of hydrogen-bond donors (Lipinski definition) is 2. The molecule has 1 aliphatic heterocycles. The van der Waals surface area contributed by atoms with Crippen LogP contribution in [0.4, 0.5) is 15.8 Å². The quantitative estimate of drug-likeness (QED) is 0.791. The van der Waals surface area contributed by atoms with Gasteiger partial charge in [-0.1, -0.05) is 23.4 Å². The largest absolute Gasteiger partial charge is 0.495 e. The predicted molar refractivity (Wildman–Crippen MR) is 104 cm³/mol. The van der Waals surface area contributed by atoms with Gasteiger partial charge in [0.05, 0.1) is 17.8 Å². The third-order valence-corrected chi connectivity index (χ3v) is 5.02. The van der Waals surface area contributed by atoms with Crippen molar-refractivity contribution < 1.29 is 18.7 Å². The number of rotatable bonds is 5. The number of methoxy groups -OCH3 is 1. The molecule has 1 atom stereocenters. The second-order valence-corrected chi connectivity index (χ2v) is 7.19. The molecule has 3 rings (SSSR count). The van der Waals surface area contributed by atoms with Gasteiger partial charge in [0.25, 0.3) is 0 Å². The molecule has 27 heavy (non-hydrogen) atoms. The molecule has 2 aromatic rings. The SMILES string of the molecule is COc1ccc(NC(=O)C[C@H]2SC(=Nc3ccc(F)cc3)NC2=O)cc1Cl. The molecular formula is C18H15ClFN3O3S. The predicted octanol–water partition coefficient (Wildman–Crippen LogP) is 3.74. The fraction of sp³-hybridized carbons (Fsp3) is 0.167. The van der Waals surface area contributed by atoms with E-state index in [1.54, 1.807) is 18.2 Å². The summed E-state index contributed by atoms with van der Waals surface area (Å²) in [7, 11) is 1.50. The number of nitrogens with zero attached hydrogens (tertiary/aromatic N) is 1. The summed E-state index contributed by atoms with van der Waals surface area (Å²) in [6.45, 7) is 0. The number of thioether (sulfide) groups is 1. The van der Waals surface area contributed by atoms with Gasteiger partial charge in [0.1, 0.15) is 16.8 Å². The summed E-state index contributed by atoms with van der Waals surface area (Å²) in [4.78, 5) is 28.5. The molecule has 0 unspecified atom stereocenters. The van der Waals surface area contributed by atoms with Crippen molar-refractivity contribution in [2.24, 2.45) is 4.99 Å². The first-order valence-electron chi connectivity index (χ1n) is 7.90. The van der Waals surface area contributed by atoms with E-state index in [0.717, 1.165) is 11.8 Å². The van der Waals surface area contributed by atoms with Crippen molar-refractivity contribution >= 4 is 51.7 Å². The maximum atomic E-state index is 12.9. The zero-order valence-electron chi connectivity index (χ0n) is 14.2. The van der Waals surface area contributed by atoms with E-state index < -0.39 is 5.25 Å². The number of amides is 2. The van der Waals surface area contributed by atoms with Gasteiger partial charge in [-0.2, -0.15) is 0 Å². The van der Waals surface area contributed by atoms with Gasteiger partial charge < -0.3 is 15.4 Å². The third kappa shape index (κ3) is 4.99. The number of anilines is 1. The number of nitrogens with one attached hydrogen (secondary N) is 2. The van der Waals surface area contributed by atoms with Crippen LogP contribution >= 0.6 is 23.4 Å². The van der Waals surface area contributed by atoms with Crippen LogP contribution in [-0.4, -0.2) is 29.3 Å². The number of aliphatic imine (C=N–C) groups is 1. The summed E-state index contributed by atoms with van der Waals surface area (Å²) in [6.07, 6.45) is -0.0252. The summed E-state index contributed by atoms with van der Waals surface area (Å²) >= 11 is 7.18. The monoisotopic (exact) mass is 407 g/mol. The normalized spacial score (nSPS) is 17.7. The Labute approximate surface area is 164 Å². The fourth-order valence-electron chi connectivity index (χ4n) is 2.35. The number of benzene rings is 2. The van der Waals surface area contributed by atoms with Gasteiger partial charge >= 0.3 is 0 Å². The maximum Gasteiger partial charge on any atom is 0.240 e. The topological polar surface area (TPSA) is 79.8 Å². The minimum Gasteiger partial charge on any atom is -0.495 e. The van der Waals surface area contributed by atoms with E-state index in [9.17, 15) is 14.0 Å². The van der Waals surface area contributed by atoms with E-state index in [1.165, 1.54) is 31.4 Å². The summed E-state index contributed by atoms with van der Waals surface area (Å²) in [5.74, 6) is -0.493. The summed E-state index contributed by atoms with van der Waals surface area (Å²) < 4.78 is 18.0. The molecule has 1 fully saturated rings. The number of ether oxygens (including phenoxy) is 1. The number of amidine groups is 1. The van der Waals surface area contributed by atoms with Crippen LogP contribution in [0, 0.1) is 5.82 Å². The number of halogens is 2. The van der Waals surface area contributed by atoms with Gasteiger partial charge in [0.15, 0.2) is 5.17 Å². The third-order valence-electron chi connectivity index (χ3n) is 3.64. The highest BCUT2D eigenvalue weighted by atomic mass is 35.5. The van der Waals surface area contributed by atoms with E-state index in [2.05, 4.69) is 15.6 Å². The van der Waals surface area contributed by atoms with Gasteiger partial charge in [-0.3, -0.25) is 9.59 Å². The van der Waals surface area contributed by atoms with Gasteiger partial charge in [0, 0.05) is 12.1 Å². The number of carbonyl (C=O) groups is 2. The minimum atomic E-state index is -0.599. The molecule has 140 valence electrons. The molecule has 2 N–H and O–H groups in total. The second-order valence-electron chi connectivity index (χ2n) is 5.59. The van der Waals surface area contributed by atoms with Crippen LogP contribution in [0.1, 0.15) is 6.42 Å². The Morgan fingerprint density at radius 2 is 2.07 bits per heavy atom. The molecule has 0 aliphatic carbocycles. The van der Waals surface area contributed by atoms with Crippen molar-refractivity contribution in [3.8, 4) is 5.75 Å². The smallest absolute Gasteiger partial charge is 0.240 e. The average Bonchev–Trinajstić information content (AvgIpc) is 2.96. The van der Waals surface area contributed by atoms with Crippen LogP contribution in [0.5, 0.6) is 5.75 Å². The van der Waals surface area contributed by atoms with Crippen LogP contribution in [0.25, 0.3) is 0 Å². The van der Waals surface area contributed by atoms with Crippen LogP contribution in [-0.2, 0) is 9.59 Å². The Morgan fingerprint density at radius 1 is 1.33 bits per heavy atom. The van der Waals surface area contributed by atoms with Crippen molar-refractivity contribution in [2.45, 2.75) is 11.7 Å². The van der Waals surface area contributed by atoms with Crippen LogP contribution in [0.15, 0.2) is 47.5 Å². The Morgan fingerprint density at radius 3 is 2.74 bits per heavy atom. The highest BCUT2D eigenvalue weighted by Crippen LogP contribution is 2.28. The van der Waals surface area contributed by atoms with E-state index in [0.29, 0.717) is 27.3 Å². The first-order chi connectivity index (χ1) is 12.9. The lowest BCUT2D eigenvalue weighted by atomic mass is 10.2. The molecule has 0 bridgehead atoms. The molecule has 2 amide bonds. The molecule has 2 aromatic carbocycles. The minimum absolute atomic E-state index is 0.0252. The van der Waals surface area contributed by atoms with Crippen LogP contribution in [0.3, 0.4) is 0 Å². The first kappa shape index (κ1) is 19.2. The van der Waals surface area contributed by atoms with Crippen molar-refractivity contribution in [3.63, 3.8) is 0 Å². The van der Waals surface area contributed by atoms with E-state index in [4.69, 9.17) is 16.3 Å². The number of hydrogen-bond acceptors (Lipinski definition) is 5. The molecule has 1 heterocycles. The van der Waals surface area contributed by atoms with E-state index in [1.807, 2.05) is 0 Å². The van der Waals surface area contributed by atoms with Gasteiger partial charge in [-0.05, 0) is 42.5 Å². The summed E-state index contributed by atoms with van der Waals surface area (Å²) in [5, 5.41) is 5.47. The van der Waals surface area contributed by atoms with E-state index in [-0.39, 0.29) is 24.1 Å². The van der Waals surface area contributed by atoms with Crippen molar-refractivity contribution in [1.29, 1.82) is 0 Å². The summed E-state index contributed by atoms with van der Waals surface area (Å²) in [6, 6.07) is 10.4. The zero-order chi connectivity index (χ0) is 19.4. The fourth-order valence-corrected chi connectivity index (χ4v) is 3.60. The lowest BCUT2D eigenvalue weighted by Crippen LogP contribution is -2.28. The first-order valence-corrected chi connectivity index (χ1v) is 9.15. The van der Waals surface area contributed by atoms with Gasteiger partial charge in [-0.15, -0.1) is 0 Å². The standard InChI is InChI=1S/C18H15ClFN3O3S/c1-26-14-7-6-12(8-13(14)19)21-16(24)9-15-17(25)23-18(27-15)22-11-4-2-10(20)3-5-11/h2-8,15H,9H2,1H3,(H,21,24)(H,22,23,25)/t15-/m1/s1. The van der Waals surface area contributed by atoms with Gasteiger partial charge in [-0.25, -0.2) is 9.38 Å². The highest BCUT2D eigenvalue weighted by molar-refractivity contribution is 8.15. The molecule has 0 radical (unpaired) electrons. The average molecular weight is 408 g/mol. The Kier molecular flexibility index (Phi) is 5.98. The molecule has 1 saturated heterocycles. The summed E-state index contributed by atoms with van der Waals surface area (Å²) in [5.41, 5.74) is 1.02. The molecule has 1 aliphatic rings. The van der Waals surface area contributed by atoms with Crippen LogP contribution < -0.4 is 15.4 Å².